The zero-order valence-corrected chi connectivity index (χ0v) is 22.6. The number of anilines is 1. The number of allylic oxidation sites excluding steroid dienone is 1. The molecular weight excluding hydrogens is 536 g/mol. The van der Waals surface area contributed by atoms with Gasteiger partial charge in [-0.3, -0.25) is 20.1 Å². The Labute approximate surface area is 230 Å². The summed E-state index contributed by atoms with van der Waals surface area (Å²) >= 11 is 12.3. The maximum Gasteiger partial charge on any atom is 0.273 e. The summed E-state index contributed by atoms with van der Waals surface area (Å²) in [7, 11) is 1.63. The van der Waals surface area contributed by atoms with Gasteiger partial charge in [-0.2, -0.15) is 0 Å². The van der Waals surface area contributed by atoms with Crippen LogP contribution in [0.5, 0.6) is 5.75 Å². The van der Waals surface area contributed by atoms with Crippen LogP contribution in [0.1, 0.15) is 18.6 Å². The van der Waals surface area contributed by atoms with Crippen molar-refractivity contribution < 1.29 is 23.4 Å². The standard InChI is InChI=1S/C26H30Cl2FN5O4/c1-16(23-19(27)7-8-20(29)24(23)28)38-22-15-21(32-33(2)25(22)30)26(35)31-17-3-5-18(6-4-17)37-14-11-34-9-12-36-13-10-34/h3-8,15-16,32H,9-14,30H2,1-2H3,(H,31,35). The van der Waals surface area contributed by atoms with Gasteiger partial charge < -0.3 is 25.3 Å². The molecule has 2 aromatic carbocycles. The molecule has 0 radical (unpaired) electrons. The lowest BCUT2D eigenvalue weighted by atomic mass is 10.1. The molecule has 1 unspecified atom stereocenters. The molecule has 0 aliphatic carbocycles. The predicted octanol–water partition coefficient (Wildman–Crippen LogP) is 4.02. The molecule has 0 saturated carbocycles. The number of hydrogen-bond donors (Lipinski definition) is 3. The van der Waals surface area contributed by atoms with Crippen molar-refractivity contribution in [1.29, 1.82) is 0 Å². The van der Waals surface area contributed by atoms with E-state index in [1.54, 1.807) is 38.2 Å². The molecule has 2 aliphatic heterocycles. The molecule has 1 atom stereocenters. The molecule has 4 rings (SSSR count). The van der Waals surface area contributed by atoms with E-state index in [1.165, 1.54) is 23.2 Å². The van der Waals surface area contributed by atoms with Crippen LogP contribution in [0.3, 0.4) is 0 Å². The number of morpholine rings is 1. The summed E-state index contributed by atoms with van der Waals surface area (Å²) in [6, 6.07) is 9.69. The van der Waals surface area contributed by atoms with Crippen molar-refractivity contribution in [2.24, 2.45) is 5.73 Å². The highest BCUT2D eigenvalue weighted by atomic mass is 35.5. The lowest BCUT2D eigenvalue weighted by Gasteiger charge is -2.30. The van der Waals surface area contributed by atoms with E-state index in [4.69, 9.17) is 43.1 Å². The number of nitrogens with zero attached hydrogens (tertiary/aromatic N) is 2. The first-order valence-electron chi connectivity index (χ1n) is 12.1. The van der Waals surface area contributed by atoms with Crippen LogP contribution in [0.4, 0.5) is 10.1 Å². The van der Waals surface area contributed by atoms with Gasteiger partial charge in [0, 0.05) is 49.0 Å². The average Bonchev–Trinajstić information content (AvgIpc) is 2.90. The van der Waals surface area contributed by atoms with Crippen LogP contribution < -0.4 is 21.2 Å². The number of halogens is 3. The highest BCUT2D eigenvalue weighted by Crippen LogP contribution is 2.36. The molecule has 9 nitrogen and oxygen atoms in total. The number of ether oxygens (including phenoxy) is 3. The second-order valence-electron chi connectivity index (χ2n) is 8.78. The van der Waals surface area contributed by atoms with Crippen molar-refractivity contribution in [2.45, 2.75) is 13.0 Å². The second-order valence-corrected chi connectivity index (χ2v) is 9.56. The summed E-state index contributed by atoms with van der Waals surface area (Å²) in [6.45, 7) is 6.37. The van der Waals surface area contributed by atoms with E-state index in [9.17, 15) is 9.18 Å². The van der Waals surface area contributed by atoms with Gasteiger partial charge in [-0.1, -0.05) is 23.2 Å². The van der Waals surface area contributed by atoms with Gasteiger partial charge in [0.1, 0.15) is 30.0 Å². The Morgan fingerprint density at radius 3 is 2.63 bits per heavy atom. The van der Waals surface area contributed by atoms with Gasteiger partial charge in [0.05, 0.1) is 18.2 Å². The molecule has 12 heteroatoms. The van der Waals surface area contributed by atoms with Crippen LogP contribution >= 0.6 is 23.2 Å². The highest BCUT2D eigenvalue weighted by molar-refractivity contribution is 6.36. The summed E-state index contributed by atoms with van der Waals surface area (Å²) in [5.41, 5.74) is 10.1. The van der Waals surface area contributed by atoms with Crippen molar-refractivity contribution in [1.82, 2.24) is 15.3 Å². The number of nitrogens with one attached hydrogen (secondary N) is 2. The summed E-state index contributed by atoms with van der Waals surface area (Å²) in [5.74, 6) is 0.0944. The number of hydrogen-bond acceptors (Lipinski definition) is 8. The molecule has 2 aliphatic rings. The van der Waals surface area contributed by atoms with Gasteiger partial charge in [-0.05, 0) is 43.3 Å². The Morgan fingerprint density at radius 1 is 1.21 bits per heavy atom. The van der Waals surface area contributed by atoms with E-state index in [-0.39, 0.29) is 32.9 Å². The van der Waals surface area contributed by atoms with Gasteiger partial charge in [-0.25, -0.2) is 4.39 Å². The fourth-order valence-electron chi connectivity index (χ4n) is 3.97. The van der Waals surface area contributed by atoms with Gasteiger partial charge in [0.2, 0.25) is 0 Å². The monoisotopic (exact) mass is 565 g/mol. The Morgan fingerprint density at radius 2 is 1.92 bits per heavy atom. The molecule has 0 spiro atoms. The van der Waals surface area contributed by atoms with E-state index >= 15 is 0 Å². The normalized spacial score (nSPS) is 17.0. The third-order valence-corrected chi connectivity index (χ3v) is 6.82. The van der Waals surface area contributed by atoms with Gasteiger partial charge >= 0.3 is 0 Å². The third-order valence-electron chi connectivity index (χ3n) is 6.10. The van der Waals surface area contributed by atoms with Crippen LogP contribution in [0.2, 0.25) is 10.0 Å². The van der Waals surface area contributed by atoms with Crippen molar-refractivity contribution >= 4 is 34.8 Å². The molecular formula is C26H30Cl2FN5O4. The Hall–Kier alpha value is -3.18. The number of nitrogens with two attached hydrogens (primary N) is 1. The molecule has 1 saturated heterocycles. The van der Waals surface area contributed by atoms with Crippen molar-refractivity contribution in [3.05, 3.63) is 81.2 Å². The van der Waals surface area contributed by atoms with Crippen LogP contribution in [-0.2, 0) is 14.3 Å². The smallest absolute Gasteiger partial charge is 0.273 e. The number of rotatable bonds is 9. The minimum atomic E-state index is -0.748. The van der Waals surface area contributed by atoms with Crippen LogP contribution in [-0.4, -0.2) is 62.3 Å². The molecule has 2 heterocycles. The van der Waals surface area contributed by atoms with Crippen LogP contribution in [0.25, 0.3) is 0 Å². The lowest BCUT2D eigenvalue weighted by Crippen LogP contribution is -2.43. The average molecular weight is 566 g/mol. The molecule has 0 bridgehead atoms. The molecule has 2 aromatic rings. The van der Waals surface area contributed by atoms with Gasteiger partial charge in [0.25, 0.3) is 5.91 Å². The molecule has 4 N–H and O–H groups in total. The largest absolute Gasteiger partial charge is 0.492 e. The molecule has 1 amide bonds. The first-order chi connectivity index (χ1) is 18.2. The first kappa shape index (κ1) is 27.8. The van der Waals surface area contributed by atoms with E-state index in [2.05, 4.69) is 15.6 Å². The zero-order valence-electron chi connectivity index (χ0n) is 21.1. The first-order valence-corrected chi connectivity index (χ1v) is 12.8. The highest BCUT2D eigenvalue weighted by Gasteiger charge is 2.25. The van der Waals surface area contributed by atoms with Crippen molar-refractivity contribution in [2.75, 3.05) is 51.8 Å². The molecule has 1 fully saturated rings. The SMILES string of the molecule is CC(OC1=C(N)N(C)NC(C(=O)Nc2ccc(OCCN3CCOCC3)cc2)=C1)c1c(Cl)ccc(F)c1Cl. The topological polar surface area (TPSA) is 101 Å². The summed E-state index contributed by atoms with van der Waals surface area (Å²) in [4.78, 5) is 15.3. The maximum absolute atomic E-state index is 14.0. The van der Waals surface area contributed by atoms with E-state index in [1.807, 2.05) is 0 Å². The molecule has 204 valence electrons. The van der Waals surface area contributed by atoms with Gasteiger partial charge in [-0.15, -0.1) is 0 Å². The van der Waals surface area contributed by atoms with E-state index < -0.39 is 17.8 Å². The van der Waals surface area contributed by atoms with Crippen LogP contribution in [0.15, 0.2) is 59.8 Å². The fraction of sp³-hybridized carbons (Fsp3) is 0.346. The summed E-state index contributed by atoms with van der Waals surface area (Å²) in [5, 5.41) is 4.38. The fourth-order valence-corrected chi connectivity index (χ4v) is 4.65. The minimum Gasteiger partial charge on any atom is -0.492 e. The van der Waals surface area contributed by atoms with Crippen molar-refractivity contribution in [3.63, 3.8) is 0 Å². The number of hydrazine groups is 1. The number of benzene rings is 2. The predicted molar refractivity (Wildman–Crippen MR) is 144 cm³/mol. The summed E-state index contributed by atoms with van der Waals surface area (Å²) in [6.07, 6.45) is 0.716. The summed E-state index contributed by atoms with van der Waals surface area (Å²) < 4.78 is 31.1. The maximum atomic E-state index is 14.0. The number of carbonyl (C=O) groups excluding carboxylic acids is 1. The lowest BCUT2D eigenvalue weighted by molar-refractivity contribution is -0.113. The van der Waals surface area contributed by atoms with Crippen molar-refractivity contribution in [3.8, 4) is 5.75 Å². The minimum absolute atomic E-state index is 0.137. The number of amides is 1. The van der Waals surface area contributed by atoms with Gasteiger partial charge in [0.15, 0.2) is 11.6 Å². The van der Waals surface area contributed by atoms with E-state index in [0.29, 0.717) is 18.0 Å². The zero-order chi connectivity index (χ0) is 27.2. The quantitative estimate of drug-likeness (QED) is 0.392. The third kappa shape index (κ3) is 6.82. The van der Waals surface area contributed by atoms with E-state index in [0.717, 1.165) is 32.8 Å². The Balaban J connectivity index is 1.37. The molecule has 38 heavy (non-hydrogen) atoms. The number of carbonyl (C=O) groups is 1. The Kier molecular flexibility index (Phi) is 9.22. The second kappa shape index (κ2) is 12.6. The molecule has 0 aromatic heterocycles. The Bertz CT molecular complexity index is 1220. The van der Waals surface area contributed by atoms with Crippen LogP contribution in [0, 0.1) is 5.82 Å².